The van der Waals surface area contributed by atoms with Crippen LogP contribution < -0.4 is 4.90 Å². The van der Waals surface area contributed by atoms with Crippen LogP contribution in [0.25, 0.3) is 86.9 Å². The zero-order valence-electron chi connectivity index (χ0n) is 30.6. The first-order valence-electron chi connectivity index (χ1n) is 19.2. The molecule has 1 heterocycles. The van der Waals surface area contributed by atoms with Gasteiger partial charge in [-0.1, -0.05) is 176 Å². The van der Waals surface area contributed by atoms with Crippen molar-refractivity contribution in [3.63, 3.8) is 0 Å². The summed E-state index contributed by atoms with van der Waals surface area (Å²) in [7, 11) is 0. The minimum atomic E-state index is 1.12. The second kappa shape index (κ2) is 13.4. The molecule has 0 radical (unpaired) electrons. The molecule has 1 aliphatic rings. The topological polar surface area (TPSA) is 3.24 Å². The van der Waals surface area contributed by atoms with Crippen LogP contribution in [0.4, 0.5) is 17.1 Å². The van der Waals surface area contributed by atoms with Gasteiger partial charge in [-0.05, 0) is 103 Å². The van der Waals surface area contributed by atoms with Gasteiger partial charge in [-0.2, -0.15) is 0 Å². The summed E-state index contributed by atoms with van der Waals surface area (Å²) in [5, 5.41) is 2.58. The molecule has 262 valence electrons. The highest BCUT2D eigenvalue weighted by Gasteiger charge is 2.24. The molecule has 1 aromatic heterocycles. The molecule has 0 amide bonds. The van der Waals surface area contributed by atoms with Crippen molar-refractivity contribution in [2.75, 3.05) is 4.90 Å². The smallest absolute Gasteiger partial charge is 0.0640 e. The molecule has 0 fully saturated rings. The number of thiophene rings is 1. The Bertz CT molecular complexity index is 3060. The molecule has 1 aliphatic carbocycles. The van der Waals surface area contributed by atoms with Crippen molar-refractivity contribution in [1.29, 1.82) is 0 Å². The van der Waals surface area contributed by atoms with Gasteiger partial charge in [-0.25, -0.2) is 0 Å². The fraction of sp³-hybridized carbons (Fsp3) is 0. The Hall–Kier alpha value is -7.00. The highest BCUT2D eigenvalue weighted by Crippen LogP contribution is 2.51. The molecule has 0 spiro atoms. The molecular formula is C54H35NS. The fourth-order valence-corrected chi connectivity index (χ4v) is 9.82. The summed E-state index contributed by atoms with van der Waals surface area (Å²) in [5.41, 5.74) is 18.2. The average molecular weight is 730 g/mol. The number of benzene rings is 9. The molecule has 0 aliphatic heterocycles. The molecule has 1 nitrogen and oxygen atoms in total. The van der Waals surface area contributed by atoms with Crippen LogP contribution in [0.15, 0.2) is 212 Å². The van der Waals surface area contributed by atoms with E-state index in [1.54, 1.807) is 0 Å². The highest BCUT2D eigenvalue weighted by atomic mass is 32.1. The molecule has 10 aromatic rings. The maximum atomic E-state index is 2.46. The van der Waals surface area contributed by atoms with Gasteiger partial charge >= 0.3 is 0 Å². The van der Waals surface area contributed by atoms with Crippen LogP contribution in [0.5, 0.6) is 0 Å². The van der Waals surface area contributed by atoms with Gasteiger partial charge in [-0.15, -0.1) is 11.3 Å². The molecule has 0 unspecified atom stereocenters. The van der Waals surface area contributed by atoms with Crippen LogP contribution in [0, 0.1) is 0 Å². The van der Waals surface area contributed by atoms with E-state index in [0.29, 0.717) is 0 Å². The van der Waals surface area contributed by atoms with Crippen LogP contribution in [-0.4, -0.2) is 0 Å². The van der Waals surface area contributed by atoms with Crippen molar-refractivity contribution in [2.24, 2.45) is 0 Å². The first-order chi connectivity index (χ1) is 27.8. The van der Waals surface area contributed by atoms with Crippen LogP contribution in [0.3, 0.4) is 0 Å². The van der Waals surface area contributed by atoms with Crippen LogP contribution in [0.1, 0.15) is 0 Å². The zero-order valence-corrected chi connectivity index (χ0v) is 31.4. The lowest BCUT2D eigenvalue weighted by atomic mass is 9.81. The molecule has 0 bridgehead atoms. The van der Waals surface area contributed by atoms with E-state index in [1.165, 1.54) is 92.6 Å². The fourth-order valence-electron chi connectivity index (χ4n) is 8.61. The third-order valence-corrected chi connectivity index (χ3v) is 12.5. The minimum absolute atomic E-state index is 1.12. The highest BCUT2D eigenvalue weighted by molar-refractivity contribution is 7.26. The number of hydrogen-bond donors (Lipinski definition) is 0. The van der Waals surface area contributed by atoms with Gasteiger partial charge in [0.1, 0.15) is 0 Å². The van der Waals surface area contributed by atoms with Gasteiger partial charge in [0.05, 0.1) is 10.4 Å². The number of rotatable bonds is 5. The van der Waals surface area contributed by atoms with E-state index < -0.39 is 0 Å². The molecule has 9 aromatic carbocycles. The Labute approximate surface area is 331 Å². The Morgan fingerprint density at radius 1 is 0.286 bits per heavy atom. The third kappa shape index (κ3) is 5.38. The predicted octanol–water partition coefficient (Wildman–Crippen LogP) is 15.8. The lowest BCUT2D eigenvalue weighted by molar-refractivity contribution is 1.30. The molecule has 0 N–H and O–H groups in total. The van der Waals surface area contributed by atoms with Gasteiger partial charge in [0.15, 0.2) is 0 Å². The van der Waals surface area contributed by atoms with Crippen molar-refractivity contribution in [3.05, 3.63) is 212 Å². The normalized spacial score (nSPS) is 11.6. The first kappa shape index (κ1) is 32.4. The predicted molar refractivity (Wildman–Crippen MR) is 240 cm³/mol. The second-order valence-electron chi connectivity index (χ2n) is 14.4. The lowest BCUT2D eigenvalue weighted by Gasteiger charge is -2.29. The van der Waals surface area contributed by atoms with Crippen LogP contribution in [-0.2, 0) is 0 Å². The van der Waals surface area contributed by atoms with E-state index in [2.05, 4.69) is 217 Å². The number of hydrogen-bond acceptors (Lipinski definition) is 2. The number of fused-ring (bicyclic) bond motifs is 11. The molecule has 11 rings (SSSR count). The van der Waals surface area contributed by atoms with Crippen molar-refractivity contribution in [2.45, 2.75) is 0 Å². The lowest BCUT2D eigenvalue weighted by Crippen LogP contribution is -2.10. The van der Waals surface area contributed by atoms with E-state index in [1.807, 2.05) is 11.3 Å². The van der Waals surface area contributed by atoms with Crippen molar-refractivity contribution >= 4 is 48.6 Å². The molecule has 0 atom stereocenters. The summed E-state index contributed by atoms with van der Waals surface area (Å²) in [6.45, 7) is 0. The van der Waals surface area contributed by atoms with E-state index in [9.17, 15) is 0 Å². The van der Waals surface area contributed by atoms with Crippen LogP contribution >= 0.6 is 11.3 Å². The molecule has 2 heteroatoms. The largest absolute Gasteiger partial charge is 0.309 e. The van der Waals surface area contributed by atoms with Gasteiger partial charge in [-0.3, -0.25) is 0 Å². The van der Waals surface area contributed by atoms with E-state index in [-0.39, 0.29) is 0 Å². The van der Waals surface area contributed by atoms with Gasteiger partial charge in [0, 0.05) is 26.8 Å². The summed E-state index contributed by atoms with van der Waals surface area (Å²) in [5.74, 6) is 0. The third-order valence-electron chi connectivity index (χ3n) is 11.3. The number of anilines is 3. The standard InChI is InChI=1S/C54H35NS/c1-2-13-36(14-3-1)37-25-27-38(28-26-37)39-29-31-40(32-30-39)55(52-23-12-22-50-49-21-10-11-24-53(49)56-54(50)52)41-33-34-48-46-19-7-6-17-44(46)42-15-4-5-16-43(42)45-18-8-9-20-47(45)51(48)35-41/h1-35H. The van der Waals surface area contributed by atoms with Gasteiger partial charge in [0.2, 0.25) is 0 Å². The Kier molecular flexibility index (Phi) is 7.75. The Balaban J connectivity index is 1.10. The van der Waals surface area contributed by atoms with Crippen molar-refractivity contribution in [3.8, 4) is 66.8 Å². The van der Waals surface area contributed by atoms with E-state index in [0.717, 1.165) is 11.4 Å². The van der Waals surface area contributed by atoms with Crippen molar-refractivity contribution in [1.82, 2.24) is 0 Å². The molecule has 0 saturated heterocycles. The maximum absolute atomic E-state index is 2.46. The summed E-state index contributed by atoms with van der Waals surface area (Å²) < 4.78 is 2.58. The summed E-state index contributed by atoms with van der Waals surface area (Å²) >= 11 is 1.87. The quantitative estimate of drug-likeness (QED) is 0.170. The van der Waals surface area contributed by atoms with Crippen molar-refractivity contribution < 1.29 is 0 Å². The summed E-state index contributed by atoms with van der Waals surface area (Å²) in [6, 6.07) is 77.8. The summed E-state index contributed by atoms with van der Waals surface area (Å²) in [6.07, 6.45) is 0. The maximum Gasteiger partial charge on any atom is 0.0640 e. The van der Waals surface area contributed by atoms with Gasteiger partial charge < -0.3 is 4.90 Å². The average Bonchev–Trinajstić information content (AvgIpc) is 3.66. The monoisotopic (exact) mass is 729 g/mol. The SMILES string of the molecule is c1ccc(-c2ccc(-c3ccc(N(c4ccc5c(c4)-c4ccccc4-c4ccccc4-c4ccccc4-5)c4cccc5c4sc4ccccc45)cc3)cc2)cc1. The summed E-state index contributed by atoms with van der Waals surface area (Å²) in [4.78, 5) is 2.46. The first-order valence-corrected chi connectivity index (χ1v) is 20.0. The Morgan fingerprint density at radius 3 is 1.30 bits per heavy atom. The van der Waals surface area contributed by atoms with E-state index >= 15 is 0 Å². The second-order valence-corrected chi connectivity index (χ2v) is 15.5. The molecule has 0 saturated carbocycles. The van der Waals surface area contributed by atoms with E-state index in [4.69, 9.17) is 0 Å². The Morgan fingerprint density at radius 2 is 0.714 bits per heavy atom. The van der Waals surface area contributed by atoms with Gasteiger partial charge in [0.25, 0.3) is 0 Å². The minimum Gasteiger partial charge on any atom is -0.309 e. The molecular weight excluding hydrogens is 695 g/mol. The van der Waals surface area contributed by atoms with Crippen LogP contribution in [0.2, 0.25) is 0 Å². The number of nitrogens with zero attached hydrogens (tertiary/aromatic N) is 1. The zero-order chi connectivity index (χ0) is 37.0. The molecule has 56 heavy (non-hydrogen) atoms.